The van der Waals surface area contributed by atoms with Crippen molar-refractivity contribution in [2.75, 3.05) is 0 Å². The van der Waals surface area contributed by atoms with Crippen LogP contribution in [-0.4, -0.2) is 5.11 Å². The van der Waals surface area contributed by atoms with Crippen molar-refractivity contribution in [2.45, 2.75) is 46.0 Å². The number of hydrogen-bond acceptors (Lipinski definition) is 4. The van der Waals surface area contributed by atoms with E-state index in [0.29, 0.717) is 5.75 Å². The molecule has 0 saturated carbocycles. The number of rotatable bonds is 2. The van der Waals surface area contributed by atoms with Crippen LogP contribution in [0.1, 0.15) is 51.7 Å². The molecule has 2 rings (SSSR count). The summed E-state index contributed by atoms with van der Waals surface area (Å²) in [6, 6.07) is 4.17. The van der Waals surface area contributed by atoms with E-state index in [1.807, 2.05) is 0 Å². The maximum atomic E-state index is 10.6. The molecule has 0 atom stereocenters. The standard InChI is InChI=1S/C16H20OS3/c1-9(2)11-6-10(12-8-19-20-15(12)18)7-13(14(11)17)16(3,4)5/h6-9,17H,1-5H3. The zero-order valence-electron chi connectivity index (χ0n) is 12.5. The van der Waals surface area contributed by atoms with Crippen molar-refractivity contribution in [3.63, 3.8) is 0 Å². The summed E-state index contributed by atoms with van der Waals surface area (Å²) in [4.78, 5) is 0. The van der Waals surface area contributed by atoms with E-state index in [1.54, 1.807) is 20.7 Å². The van der Waals surface area contributed by atoms with Gasteiger partial charge >= 0.3 is 0 Å². The van der Waals surface area contributed by atoms with E-state index in [9.17, 15) is 5.11 Å². The second-order valence-corrected chi connectivity index (χ2v) is 9.11. The van der Waals surface area contributed by atoms with Crippen LogP contribution < -0.4 is 0 Å². The molecule has 0 saturated heterocycles. The largest absolute Gasteiger partial charge is 0.507 e. The average molecular weight is 325 g/mol. The van der Waals surface area contributed by atoms with E-state index in [2.05, 4.69) is 52.1 Å². The van der Waals surface area contributed by atoms with Gasteiger partial charge in [0.15, 0.2) is 0 Å². The molecule has 1 heterocycles. The Balaban J connectivity index is 2.75. The van der Waals surface area contributed by atoms with Gasteiger partial charge in [0.1, 0.15) is 9.57 Å². The highest BCUT2D eigenvalue weighted by Crippen LogP contribution is 2.41. The summed E-state index contributed by atoms with van der Waals surface area (Å²) >= 11 is 5.41. The first-order chi connectivity index (χ1) is 9.21. The van der Waals surface area contributed by atoms with E-state index >= 15 is 0 Å². The second-order valence-electron chi connectivity index (χ2n) is 6.36. The Hall–Kier alpha value is -0.710. The average Bonchev–Trinajstić information content (AvgIpc) is 2.74. The van der Waals surface area contributed by atoms with Gasteiger partial charge in [-0.3, -0.25) is 0 Å². The molecule has 0 aliphatic carbocycles. The lowest BCUT2D eigenvalue weighted by molar-refractivity contribution is 0.437. The number of hydrogen-bond donors (Lipinski definition) is 1. The molecular formula is C16H20OS3. The topological polar surface area (TPSA) is 20.2 Å². The number of phenolic OH excluding ortho intramolecular Hbond substituents is 1. The molecule has 1 aromatic carbocycles. The molecule has 1 aromatic heterocycles. The molecule has 0 amide bonds. The quantitative estimate of drug-likeness (QED) is 0.514. The molecule has 108 valence electrons. The van der Waals surface area contributed by atoms with Crippen LogP contribution in [0.2, 0.25) is 0 Å². The molecule has 0 radical (unpaired) electrons. The Kier molecular flexibility index (Phi) is 4.38. The molecule has 0 unspecified atom stereocenters. The van der Waals surface area contributed by atoms with E-state index in [0.717, 1.165) is 26.1 Å². The van der Waals surface area contributed by atoms with Crippen molar-refractivity contribution < 1.29 is 5.11 Å². The van der Waals surface area contributed by atoms with Gasteiger partial charge in [-0.25, -0.2) is 0 Å². The van der Waals surface area contributed by atoms with Gasteiger partial charge in [0, 0.05) is 16.5 Å². The number of aromatic hydroxyl groups is 1. The highest BCUT2D eigenvalue weighted by Gasteiger charge is 2.23. The maximum Gasteiger partial charge on any atom is 0.122 e. The zero-order valence-corrected chi connectivity index (χ0v) is 14.9. The van der Waals surface area contributed by atoms with Gasteiger partial charge in [0.05, 0.1) is 0 Å². The highest BCUT2D eigenvalue weighted by atomic mass is 32.9. The predicted octanol–water partition coefficient (Wildman–Crippen LogP) is 6.33. The smallest absolute Gasteiger partial charge is 0.122 e. The van der Waals surface area contributed by atoms with E-state index in [-0.39, 0.29) is 11.3 Å². The minimum absolute atomic E-state index is 0.0925. The zero-order chi connectivity index (χ0) is 15.1. The van der Waals surface area contributed by atoms with Crippen LogP contribution in [0.25, 0.3) is 11.1 Å². The van der Waals surface area contributed by atoms with Gasteiger partial charge in [0.25, 0.3) is 0 Å². The third-order valence-corrected chi connectivity index (χ3v) is 6.05. The van der Waals surface area contributed by atoms with Crippen LogP contribution in [0.5, 0.6) is 5.75 Å². The summed E-state index contributed by atoms with van der Waals surface area (Å²) in [5, 5.41) is 12.7. The lowest BCUT2D eigenvalue weighted by Crippen LogP contribution is -2.12. The number of benzene rings is 1. The van der Waals surface area contributed by atoms with Crippen LogP contribution in [0.15, 0.2) is 17.5 Å². The minimum Gasteiger partial charge on any atom is -0.507 e. The van der Waals surface area contributed by atoms with Crippen molar-refractivity contribution >= 4 is 32.9 Å². The van der Waals surface area contributed by atoms with E-state index in [1.165, 1.54) is 0 Å². The van der Waals surface area contributed by atoms with Crippen molar-refractivity contribution in [3.05, 3.63) is 32.5 Å². The van der Waals surface area contributed by atoms with E-state index in [4.69, 9.17) is 12.2 Å². The van der Waals surface area contributed by atoms with Crippen LogP contribution >= 0.6 is 32.9 Å². The third kappa shape index (κ3) is 2.97. The summed E-state index contributed by atoms with van der Waals surface area (Å²) in [5.41, 5.74) is 4.13. The van der Waals surface area contributed by atoms with Gasteiger partial charge in [-0.1, -0.05) is 67.5 Å². The first-order valence-electron chi connectivity index (χ1n) is 6.67. The fraction of sp³-hybridized carbons (Fsp3) is 0.438. The summed E-state index contributed by atoms with van der Waals surface area (Å²) in [5.74, 6) is 0.716. The first kappa shape index (κ1) is 15.7. The fourth-order valence-corrected chi connectivity index (χ4v) is 4.62. The summed E-state index contributed by atoms with van der Waals surface area (Å²) in [7, 11) is 3.29. The van der Waals surface area contributed by atoms with Crippen LogP contribution in [0.3, 0.4) is 0 Å². The van der Waals surface area contributed by atoms with Gasteiger partial charge in [0.2, 0.25) is 0 Å². The molecule has 1 nitrogen and oxygen atoms in total. The lowest BCUT2D eigenvalue weighted by atomic mass is 9.82. The molecular weight excluding hydrogens is 304 g/mol. The van der Waals surface area contributed by atoms with Gasteiger partial charge in [-0.05, 0) is 34.6 Å². The monoisotopic (exact) mass is 324 g/mol. The van der Waals surface area contributed by atoms with E-state index < -0.39 is 0 Å². The SMILES string of the molecule is CC(C)c1cc(-c2cssc2=S)cc(C(C)(C)C)c1O. The van der Waals surface area contributed by atoms with Crippen molar-refractivity contribution in [3.8, 4) is 16.9 Å². The van der Waals surface area contributed by atoms with Gasteiger partial charge in [-0.2, -0.15) is 0 Å². The van der Waals surface area contributed by atoms with Gasteiger partial charge < -0.3 is 5.11 Å². The van der Waals surface area contributed by atoms with Crippen LogP contribution in [0.4, 0.5) is 0 Å². The van der Waals surface area contributed by atoms with Crippen molar-refractivity contribution in [1.82, 2.24) is 0 Å². The molecule has 1 N–H and O–H groups in total. The van der Waals surface area contributed by atoms with Crippen LogP contribution in [0, 0.1) is 3.82 Å². The molecule has 0 aliphatic rings. The molecule has 2 aromatic rings. The Labute approximate surface area is 133 Å². The Morgan fingerprint density at radius 2 is 1.85 bits per heavy atom. The Morgan fingerprint density at radius 1 is 1.20 bits per heavy atom. The Morgan fingerprint density at radius 3 is 2.30 bits per heavy atom. The summed E-state index contributed by atoms with van der Waals surface area (Å²) in [6.07, 6.45) is 0. The number of phenols is 1. The van der Waals surface area contributed by atoms with Crippen molar-refractivity contribution in [2.24, 2.45) is 0 Å². The summed E-state index contributed by atoms with van der Waals surface area (Å²) < 4.78 is 0.926. The molecule has 4 heteroatoms. The predicted molar refractivity (Wildman–Crippen MR) is 92.9 cm³/mol. The Bertz CT molecular complexity index is 672. The summed E-state index contributed by atoms with van der Waals surface area (Å²) in [6.45, 7) is 10.6. The minimum atomic E-state index is -0.0925. The lowest BCUT2D eigenvalue weighted by Gasteiger charge is -2.24. The second kappa shape index (κ2) is 5.58. The fourth-order valence-electron chi connectivity index (χ4n) is 2.22. The molecule has 20 heavy (non-hydrogen) atoms. The molecule has 0 spiro atoms. The molecule has 0 fully saturated rings. The van der Waals surface area contributed by atoms with Crippen LogP contribution in [-0.2, 0) is 5.41 Å². The first-order valence-corrected chi connectivity index (χ1v) is 9.29. The highest BCUT2D eigenvalue weighted by molar-refractivity contribution is 7.79. The van der Waals surface area contributed by atoms with Gasteiger partial charge in [-0.15, -0.1) is 0 Å². The molecule has 0 aliphatic heterocycles. The maximum absolute atomic E-state index is 10.6. The normalized spacial score (nSPS) is 12.1. The third-order valence-electron chi connectivity index (χ3n) is 3.39. The molecule has 0 bridgehead atoms. The van der Waals surface area contributed by atoms with Crippen molar-refractivity contribution in [1.29, 1.82) is 0 Å².